The summed E-state index contributed by atoms with van der Waals surface area (Å²) in [5.74, 6) is 0.168. The van der Waals surface area contributed by atoms with Crippen molar-refractivity contribution in [1.82, 2.24) is 5.32 Å². The molecule has 2 aliphatic rings. The number of rotatable bonds is 6. The van der Waals surface area contributed by atoms with Crippen molar-refractivity contribution in [3.8, 4) is 0 Å². The second-order valence-electron chi connectivity index (χ2n) is 6.63. The Morgan fingerprint density at radius 1 is 1.17 bits per heavy atom. The Bertz CT molecular complexity index is 291. The minimum atomic E-state index is -0.218. The minimum Gasteiger partial charge on any atom is -0.355 e. The van der Waals surface area contributed by atoms with Gasteiger partial charge in [0.15, 0.2) is 0 Å². The van der Waals surface area contributed by atoms with Gasteiger partial charge in [-0.05, 0) is 37.5 Å². The van der Waals surface area contributed by atoms with Crippen molar-refractivity contribution in [1.29, 1.82) is 0 Å². The second-order valence-corrected chi connectivity index (χ2v) is 6.63. The number of nitrogens with one attached hydrogen (secondary N) is 1. The highest BCUT2D eigenvalue weighted by molar-refractivity contribution is 5.77. The molecule has 0 heterocycles. The first-order chi connectivity index (χ1) is 8.58. The Morgan fingerprint density at radius 2 is 1.83 bits per heavy atom. The molecule has 3 nitrogen and oxygen atoms in total. The zero-order valence-corrected chi connectivity index (χ0v) is 11.8. The maximum atomic E-state index is 12.0. The third kappa shape index (κ3) is 3.71. The van der Waals surface area contributed by atoms with Gasteiger partial charge < -0.3 is 11.1 Å². The molecule has 3 heteroatoms. The molecular formula is C15H28N2O. The summed E-state index contributed by atoms with van der Waals surface area (Å²) >= 11 is 0. The number of nitrogens with two attached hydrogens (primary N) is 1. The van der Waals surface area contributed by atoms with E-state index in [1.54, 1.807) is 0 Å². The maximum Gasteiger partial charge on any atom is 0.221 e. The van der Waals surface area contributed by atoms with Crippen LogP contribution < -0.4 is 11.1 Å². The summed E-state index contributed by atoms with van der Waals surface area (Å²) in [4.78, 5) is 12.0. The SMILES string of the molecule is CCCC1(CNC(=O)CC2(N)CCCCC2)CC1. The molecular weight excluding hydrogens is 224 g/mol. The molecule has 104 valence electrons. The smallest absolute Gasteiger partial charge is 0.221 e. The van der Waals surface area contributed by atoms with Gasteiger partial charge in [-0.25, -0.2) is 0 Å². The molecule has 0 atom stereocenters. The van der Waals surface area contributed by atoms with Crippen LogP contribution in [0.3, 0.4) is 0 Å². The van der Waals surface area contributed by atoms with Crippen LogP contribution in [-0.2, 0) is 4.79 Å². The van der Waals surface area contributed by atoms with E-state index >= 15 is 0 Å². The molecule has 0 aliphatic heterocycles. The molecule has 18 heavy (non-hydrogen) atoms. The highest BCUT2D eigenvalue weighted by Gasteiger charge is 2.41. The Balaban J connectivity index is 1.71. The van der Waals surface area contributed by atoms with E-state index in [0.717, 1.165) is 19.4 Å². The van der Waals surface area contributed by atoms with Gasteiger partial charge in [0, 0.05) is 18.5 Å². The molecule has 2 aliphatic carbocycles. The maximum absolute atomic E-state index is 12.0. The lowest BCUT2D eigenvalue weighted by Gasteiger charge is -2.33. The summed E-state index contributed by atoms with van der Waals surface area (Å²) in [6.07, 6.45) is 11.2. The molecule has 0 spiro atoms. The minimum absolute atomic E-state index is 0.168. The van der Waals surface area contributed by atoms with Gasteiger partial charge in [0.2, 0.25) is 5.91 Å². The van der Waals surface area contributed by atoms with Gasteiger partial charge in [-0.2, -0.15) is 0 Å². The van der Waals surface area contributed by atoms with Crippen molar-refractivity contribution in [2.75, 3.05) is 6.54 Å². The van der Waals surface area contributed by atoms with E-state index in [1.165, 1.54) is 44.9 Å². The first-order valence-corrected chi connectivity index (χ1v) is 7.63. The average Bonchev–Trinajstić information content (AvgIpc) is 3.08. The van der Waals surface area contributed by atoms with Crippen LogP contribution in [0.5, 0.6) is 0 Å². The monoisotopic (exact) mass is 252 g/mol. The molecule has 2 rings (SSSR count). The molecule has 3 N–H and O–H groups in total. The van der Waals surface area contributed by atoms with Gasteiger partial charge in [0.25, 0.3) is 0 Å². The Hall–Kier alpha value is -0.570. The summed E-state index contributed by atoms with van der Waals surface area (Å²) in [6, 6.07) is 0. The van der Waals surface area contributed by atoms with Crippen molar-refractivity contribution in [3.63, 3.8) is 0 Å². The predicted octanol–water partition coefficient (Wildman–Crippen LogP) is 2.73. The normalized spacial score (nSPS) is 24.6. The Kier molecular flexibility index (Phi) is 4.31. The fraction of sp³-hybridized carbons (Fsp3) is 0.933. The standard InChI is InChI=1S/C15H28N2O/c1-2-6-14(9-10-14)12-17-13(18)11-15(16)7-4-3-5-8-15/h2-12,16H2,1H3,(H,17,18). The third-order valence-corrected chi connectivity index (χ3v) is 4.76. The van der Waals surface area contributed by atoms with Gasteiger partial charge in [-0.1, -0.05) is 32.6 Å². The highest BCUT2D eigenvalue weighted by Crippen LogP contribution is 2.48. The summed E-state index contributed by atoms with van der Waals surface area (Å²) in [5.41, 5.74) is 6.54. The lowest BCUT2D eigenvalue weighted by molar-refractivity contribution is -0.122. The van der Waals surface area contributed by atoms with Crippen LogP contribution >= 0.6 is 0 Å². The average molecular weight is 252 g/mol. The van der Waals surface area contributed by atoms with E-state index in [9.17, 15) is 4.79 Å². The van der Waals surface area contributed by atoms with Crippen molar-refractivity contribution in [2.24, 2.45) is 11.1 Å². The molecule has 0 unspecified atom stereocenters. The molecule has 2 fully saturated rings. The Labute approximate surface area is 111 Å². The number of hydrogen-bond acceptors (Lipinski definition) is 2. The first-order valence-electron chi connectivity index (χ1n) is 7.63. The Morgan fingerprint density at radius 3 is 2.39 bits per heavy atom. The van der Waals surface area contributed by atoms with Crippen molar-refractivity contribution >= 4 is 5.91 Å². The first kappa shape index (κ1) is 13.9. The van der Waals surface area contributed by atoms with Crippen LogP contribution in [0.1, 0.15) is 71.1 Å². The van der Waals surface area contributed by atoms with E-state index in [4.69, 9.17) is 5.73 Å². The molecule has 0 aromatic rings. The van der Waals surface area contributed by atoms with Crippen LogP contribution in [0, 0.1) is 5.41 Å². The van der Waals surface area contributed by atoms with Crippen LogP contribution in [-0.4, -0.2) is 18.0 Å². The van der Waals surface area contributed by atoms with E-state index in [0.29, 0.717) is 11.8 Å². The van der Waals surface area contributed by atoms with Crippen LogP contribution in [0.4, 0.5) is 0 Å². The summed E-state index contributed by atoms with van der Waals surface area (Å²) in [6.45, 7) is 3.09. The largest absolute Gasteiger partial charge is 0.355 e. The topological polar surface area (TPSA) is 55.1 Å². The molecule has 0 aromatic heterocycles. The van der Waals surface area contributed by atoms with E-state index in [2.05, 4.69) is 12.2 Å². The van der Waals surface area contributed by atoms with Crippen LogP contribution in [0.15, 0.2) is 0 Å². The van der Waals surface area contributed by atoms with Gasteiger partial charge in [0.05, 0.1) is 0 Å². The molecule has 2 saturated carbocycles. The third-order valence-electron chi connectivity index (χ3n) is 4.76. The highest BCUT2D eigenvalue weighted by atomic mass is 16.1. The lowest BCUT2D eigenvalue weighted by atomic mass is 9.80. The van der Waals surface area contributed by atoms with Crippen molar-refractivity contribution in [2.45, 2.75) is 76.7 Å². The zero-order valence-electron chi connectivity index (χ0n) is 11.8. The summed E-state index contributed by atoms with van der Waals surface area (Å²) in [7, 11) is 0. The van der Waals surface area contributed by atoms with Gasteiger partial charge in [-0.3, -0.25) is 4.79 Å². The second kappa shape index (κ2) is 5.60. The number of carbonyl (C=O) groups excluding carboxylic acids is 1. The van der Waals surface area contributed by atoms with Crippen LogP contribution in [0.25, 0.3) is 0 Å². The number of hydrogen-bond donors (Lipinski definition) is 2. The summed E-state index contributed by atoms with van der Waals surface area (Å²) < 4.78 is 0. The quantitative estimate of drug-likeness (QED) is 0.763. The fourth-order valence-electron chi connectivity index (χ4n) is 3.32. The van der Waals surface area contributed by atoms with Gasteiger partial charge >= 0.3 is 0 Å². The zero-order chi connectivity index (χ0) is 13.1. The molecule has 0 bridgehead atoms. The number of amides is 1. The fourth-order valence-corrected chi connectivity index (χ4v) is 3.32. The molecule has 0 aromatic carbocycles. The van der Waals surface area contributed by atoms with E-state index < -0.39 is 0 Å². The van der Waals surface area contributed by atoms with Gasteiger partial charge in [0.1, 0.15) is 0 Å². The van der Waals surface area contributed by atoms with Gasteiger partial charge in [-0.15, -0.1) is 0 Å². The van der Waals surface area contributed by atoms with Crippen molar-refractivity contribution in [3.05, 3.63) is 0 Å². The van der Waals surface area contributed by atoms with E-state index in [-0.39, 0.29) is 11.4 Å². The predicted molar refractivity (Wildman–Crippen MR) is 74.2 cm³/mol. The lowest BCUT2D eigenvalue weighted by Crippen LogP contribution is -2.46. The molecule has 1 amide bonds. The van der Waals surface area contributed by atoms with Crippen molar-refractivity contribution < 1.29 is 4.79 Å². The van der Waals surface area contributed by atoms with Crippen LogP contribution in [0.2, 0.25) is 0 Å². The number of carbonyl (C=O) groups is 1. The van der Waals surface area contributed by atoms with E-state index in [1.807, 2.05) is 0 Å². The summed E-state index contributed by atoms with van der Waals surface area (Å²) in [5, 5.41) is 3.12. The molecule has 0 saturated heterocycles. The molecule has 0 radical (unpaired) electrons.